The van der Waals surface area contributed by atoms with Gasteiger partial charge in [-0.15, -0.1) is 0 Å². The van der Waals surface area contributed by atoms with Crippen LogP contribution in [0.5, 0.6) is 0 Å². The Morgan fingerprint density at radius 1 is 1.45 bits per heavy atom. The maximum Gasteiger partial charge on any atom is 0.240 e. The fourth-order valence-corrected chi connectivity index (χ4v) is 4.02. The molecule has 2 atom stereocenters. The van der Waals surface area contributed by atoms with Gasteiger partial charge in [0.15, 0.2) is 0 Å². The predicted molar refractivity (Wildman–Crippen MR) is 86.9 cm³/mol. The highest BCUT2D eigenvalue weighted by Crippen LogP contribution is 2.32. The molecule has 1 aliphatic heterocycles. The summed E-state index contributed by atoms with van der Waals surface area (Å²) >= 11 is 1.43. The molecule has 2 heterocycles. The van der Waals surface area contributed by atoms with E-state index in [1.807, 2.05) is 6.07 Å². The van der Waals surface area contributed by atoms with Crippen molar-refractivity contribution in [3.05, 3.63) is 18.3 Å². The minimum atomic E-state index is -0.0752. The summed E-state index contributed by atoms with van der Waals surface area (Å²) in [6, 6.07) is 3.89. The number of rotatable bonds is 3. The van der Waals surface area contributed by atoms with Gasteiger partial charge in [0.2, 0.25) is 11.8 Å². The molecule has 1 saturated carbocycles. The van der Waals surface area contributed by atoms with Crippen LogP contribution in [0.25, 0.3) is 0 Å². The standard InChI is InChI=1S/C16H21N3O2S/c1-11-5-2-3-6-12(11)18-14(20)9-19-13-7-4-8-17-16(13)22-10-15(19)21/h4,7-8,11-12H,2-3,5-6,9-10H2,1H3,(H,18,20)/t11-,12+/m1/s1. The number of amides is 2. The van der Waals surface area contributed by atoms with Crippen LogP contribution in [0.3, 0.4) is 0 Å². The zero-order chi connectivity index (χ0) is 15.5. The number of carbonyl (C=O) groups is 2. The average molecular weight is 319 g/mol. The molecule has 1 fully saturated rings. The van der Waals surface area contributed by atoms with Gasteiger partial charge in [-0.3, -0.25) is 14.5 Å². The van der Waals surface area contributed by atoms with Crippen molar-refractivity contribution < 1.29 is 9.59 Å². The summed E-state index contributed by atoms with van der Waals surface area (Å²) in [5.41, 5.74) is 0.746. The molecule has 0 unspecified atom stereocenters. The van der Waals surface area contributed by atoms with Crippen LogP contribution in [0.2, 0.25) is 0 Å². The van der Waals surface area contributed by atoms with E-state index in [0.29, 0.717) is 11.7 Å². The van der Waals surface area contributed by atoms with Crippen LogP contribution in [0.4, 0.5) is 5.69 Å². The second-order valence-corrected chi connectivity index (χ2v) is 7.00. The molecule has 3 rings (SSSR count). The van der Waals surface area contributed by atoms with Gasteiger partial charge in [-0.1, -0.05) is 31.5 Å². The van der Waals surface area contributed by atoms with Crippen LogP contribution < -0.4 is 10.2 Å². The average Bonchev–Trinajstić information content (AvgIpc) is 2.52. The summed E-state index contributed by atoms with van der Waals surface area (Å²) in [6.07, 6.45) is 6.32. The summed E-state index contributed by atoms with van der Waals surface area (Å²) in [4.78, 5) is 30.3. The highest BCUT2D eigenvalue weighted by Gasteiger charge is 2.29. The van der Waals surface area contributed by atoms with Crippen LogP contribution in [0.1, 0.15) is 32.6 Å². The Balaban J connectivity index is 1.67. The Labute approximate surface area is 134 Å². The van der Waals surface area contributed by atoms with Crippen molar-refractivity contribution in [2.45, 2.75) is 43.7 Å². The molecule has 1 aromatic rings. The Morgan fingerprint density at radius 3 is 3.09 bits per heavy atom. The van der Waals surface area contributed by atoms with Crippen molar-refractivity contribution >= 4 is 29.3 Å². The predicted octanol–water partition coefficient (Wildman–Crippen LogP) is 2.22. The van der Waals surface area contributed by atoms with E-state index < -0.39 is 0 Å². The van der Waals surface area contributed by atoms with Gasteiger partial charge in [-0.2, -0.15) is 0 Å². The van der Waals surface area contributed by atoms with Crippen molar-refractivity contribution in [1.29, 1.82) is 0 Å². The van der Waals surface area contributed by atoms with Gasteiger partial charge in [0.1, 0.15) is 11.6 Å². The Kier molecular flexibility index (Phi) is 4.66. The molecular weight excluding hydrogens is 298 g/mol. The molecule has 2 aliphatic rings. The van der Waals surface area contributed by atoms with Crippen molar-refractivity contribution in [1.82, 2.24) is 10.3 Å². The van der Waals surface area contributed by atoms with Crippen molar-refractivity contribution in [3.8, 4) is 0 Å². The minimum absolute atomic E-state index is 0.0302. The van der Waals surface area contributed by atoms with Gasteiger partial charge in [0.25, 0.3) is 0 Å². The molecule has 1 N–H and O–H groups in total. The second-order valence-electron chi connectivity index (χ2n) is 6.03. The van der Waals surface area contributed by atoms with E-state index in [2.05, 4.69) is 17.2 Å². The number of pyridine rings is 1. The van der Waals surface area contributed by atoms with Gasteiger partial charge in [-0.05, 0) is 30.9 Å². The fraction of sp³-hybridized carbons (Fsp3) is 0.562. The van der Waals surface area contributed by atoms with Crippen molar-refractivity contribution in [3.63, 3.8) is 0 Å². The first-order chi connectivity index (χ1) is 10.6. The highest BCUT2D eigenvalue weighted by atomic mass is 32.2. The number of nitrogens with zero attached hydrogens (tertiary/aromatic N) is 2. The van der Waals surface area contributed by atoms with Gasteiger partial charge < -0.3 is 5.32 Å². The number of hydrogen-bond acceptors (Lipinski definition) is 4. The minimum Gasteiger partial charge on any atom is -0.352 e. The molecule has 0 radical (unpaired) electrons. The lowest BCUT2D eigenvalue weighted by Gasteiger charge is -2.31. The van der Waals surface area contributed by atoms with Crippen LogP contribution in [0.15, 0.2) is 23.4 Å². The Hall–Kier alpha value is -1.56. The number of aromatic nitrogens is 1. The fourth-order valence-electron chi connectivity index (χ4n) is 3.14. The lowest BCUT2D eigenvalue weighted by molar-refractivity contribution is -0.123. The third-order valence-corrected chi connectivity index (χ3v) is 5.41. The Morgan fingerprint density at radius 2 is 2.27 bits per heavy atom. The van der Waals surface area contributed by atoms with E-state index in [-0.39, 0.29) is 24.4 Å². The topological polar surface area (TPSA) is 62.3 Å². The number of carbonyl (C=O) groups excluding carboxylic acids is 2. The molecule has 1 aliphatic carbocycles. The zero-order valence-corrected chi connectivity index (χ0v) is 13.6. The lowest BCUT2D eigenvalue weighted by atomic mass is 9.86. The van der Waals surface area contributed by atoms with Gasteiger partial charge in [0, 0.05) is 12.2 Å². The highest BCUT2D eigenvalue weighted by molar-refractivity contribution is 8.00. The Bertz CT molecular complexity index is 578. The largest absolute Gasteiger partial charge is 0.352 e. The number of hydrogen-bond donors (Lipinski definition) is 1. The molecule has 0 saturated heterocycles. The summed E-state index contributed by atoms with van der Waals surface area (Å²) in [5.74, 6) is 0.752. The summed E-state index contributed by atoms with van der Waals surface area (Å²) in [7, 11) is 0. The number of thioether (sulfide) groups is 1. The summed E-state index contributed by atoms with van der Waals surface area (Å²) in [6.45, 7) is 2.27. The lowest BCUT2D eigenvalue weighted by Crippen LogP contribution is -2.48. The normalized spacial score (nSPS) is 24.8. The van der Waals surface area contributed by atoms with Gasteiger partial charge >= 0.3 is 0 Å². The van der Waals surface area contributed by atoms with Gasteiger partial charge in [-0.25, -0.2) is 4.98 Å². The molecule has 0 aromatic carbocycles. The zero-order valence-electron chi connectivity index (χ0n) is 12.7. The first-order valence-electron chi connectivity index (χ1n) is 7.82. The molecule has 0 spiro atoms. The van der Waals surface area contributed by atoms with Crippen LogP contribution in [-0.2, 0) is 9.59 Å². The molecule has 22 heavy (non-hydrogen) atoms. The van der Waals surface area contributed by atoms with E-state index in [1.54, 1.807) is 17.2 Å². The SMILES string of the molecule is C[C@@H]1CCCC[C@@H]1NC(=O)CN1C(=O)CSc2ncccc21. The molecule has 0 bridgehead atoms. The summed E-state index contributed by atoms with van der Waals surface area (Å²) < 4.78 is 0. The monoisotopic (exact) mass is 319 g/mol. The number of nitrogens with one attached hydrogen (secondary N) is 1. The molecule has 1 aromatic heterocycles. The molecule has 118 valence electrons. The van der Waals surface area contributed by atoms with E-state index in [9.17, 15) is 9.59 Å². The van der Waals surface area contributed by atoms with E-state index in [0.717, 1.165) is 23.6 Å². The van der Waals surface area contributed by atoms with Crippen LogP contribution in [-0.4, -0.2) is 35.1 Å². The van der Waals surface area contributed by atoms with Crippen LogP contribution in [0, 0.1) is 5.92 Å². The third-order valence-electron chi connectivity index (χ3n) is 4.43. The second kappa shape index (κ2) is 6.69. The number of anilines is 1. The van der Waals surface area contributed by atoms with E-state index >= 15 is 0 Å². The molecule has 5 nitrogen and oxygen atoms in total. The van der Waals surface area contributed by atoms with Crippen LogP contribution >= 0.6 is 11.8 Å². The maximum absolute atomic E-state index is 12.3. The van der Waals surface area contributed by atoms with Gasteiger partial charge in [0.05, 0.1) is 11.4 Å². The first kappa shape index (κ1) is 15.3. The number of fused-ring (bicyclic) bond motifs is 1. The first-order valence-corrected chi connectivity index (χ1v) is 8.81. The van der Waals surface area contributed by atoms with Crippen molar-refractivity contribution in [2.75, 3.05) is 17.2 Å². The quantitative estimate of drug-likeness (QED) is 0.928. The maximum atomic E-state index is 12.3. The van der Waals surface area contributed by atoms with Crippen molar-refractivity contribution in [2.24, 2.45) is 5.92 Å². The molecule has 6 heteroatoms. The molecule has 2 amide bonds. The van der Waals surface area contributed by atoms with E-state index in [4.69, 9.17) is 0 Å². The summed E-state index contributed by atoms with van der Waals surface area (Å²) in [5, 5.41) is 3.93. The van der Waals surface area contributed by atoms with E-state index in [1.165, 1.54) is 24.6 Å². The third kappa shape index (κ3) is 3.27. The molecular formula is C16H21N3O2S. The smallest absolute Gasteiger partial charge is 0.240 e.